The number of nitrogens with two attached hydrogens (primary N) is 1. The number of nitrogens with zero attached hydrogens (tertiary/aromatic N) is 1. The van der Waals surface area contributed by atoms with Gasteiger partial charge in [0.2, 0.25) is 0 Å². The monoisotopic (exact) mass is 210 g/mol. The van der Waals surface area contributed by atoms with Gasteiger partial charge in [-0.15, -0.1) is 0 Å². The van der Waals surface area contributed by atoms with Crippen LogP contribution in [0.4, 0.5) is 5.69 Å². The highest BCUT2D eigenvalue weighted by molar-refractivity contribution is 6.30. The van der Waals surface area contributed by atoms with E-state index in [4.69, 9.17) is 17.3 Å². The summed E-state index contributed by atoms with van der Waals surface area (Å²) < 4.78 is 0. The predicted octanol–water partition coefficient (Wildman–Crippen LogP) is 2.52. The van der Waals surface area contributed by atoms with Gasteiger partial charge in [0.25, 0.3) is 0 Å². The molecule has 1 aromatic carbocycles. The van der Waals surface area contributed by atoms with Crippen LogP contribution in [0.25, 0.3) is 0 Å². The number of halogens is 1. The Bertz CT molecular complexity index is 299. The lowest BCUT2D eigenvalue weighted by Gasteiger charge is -2.14. The van der Waals surface area contributed by atoms with E-state index < -0.39 is 0 Å². The maximum Gasteiger partial charge on any atom is 0.0429 e. The first-order chi connectivity index (χ1) is 6.74. The maximum atomic E-state index is 5.94. The first kappa shape index (κ1) is 9.81. The Kier molecular flexibility index (Phi) is 2.94. The van der Waals surface area contributed by atoms with Crippen molar-refractivity contribution >= 4 is 17.3 Å². The molecule has 76 valence electrons. The van der Waals surface area contributed by atoms with Crippen molar-refractivity contribution in [2.75, 3.05) is 18.8 Å². The third kappa shape index (κ3) is 2.40. The molecule has 0 atom stereocenters. The minimum atomic E-state index is 0.735. The first-order valence-electron chi connectivity index (χ1n) is 5.01. The van der Waals surface area contributed by atoms with E-state index >= 15 is 0 Å². The Hall–Kier alpha value is -0.730. The fraction of sp³-hybridized carbons (Fsp3) is 0.455. The summed E-state index contributed by atoms with van der Waals surface area (Å²) in [7, 11) is 0. The van der Waals surface area contributed by atoms with Gasteiger partial charge >= 0.3 is 0 Å². The van der Waals surface area contributed by atoms with Gasteiger partial charge in [-0.3, -0.25) is 4.90 Å². The number of hydrogen-bond acceptors (Lipinski definition) is 2. The van der Waals surface area contributed by atoms with Crippen LogP contribution in [-0.2, 0) is 6.54 Å². The average molecular weight is 211 g/mol. The molecule has 0 spiro atoms. The molecule has 0 saturated carbocycles. The largest absolute Gasteiger partial charge is 0.399 e. The van der Waals surface area contributed by atoms with Gasteiger partial charge in [-0.2, -0.15) is 0 Å². The van der Waals surface area contributed by atoms with Crippen LogP contribution in [0.5, 0.6) is 0 Å². The second-order valence-electron chi connectivity index (χ2n) is 3.88. The van der Waals surface area contributed by atoms with E-state index in [1.165, 1.54) is 31.5 Å². The van der Waals surface area contributed by atoms with Crippen LogP contribution >= 0.6 is 11.6 Å². The van der Waals surface area contributed by atoms with Crippen molar-refractivity contribution in [3.8, 4) is 0 Å². The van der Waals surface area contributed by atoms with Gasteiger partial charge < -0.3 is 5.73 Å². The molecule has 3 heteroatoms. The Morgan fingerprint density at radius 3 is 2.57 bits per heavy atom. The van der Waals surface area contributed by atoms with Gasteiger partial charge in [-0.1, -0.05) is 11.6 Å². The molecule has 1 heterocycles. The van der Waals surface area contributed by atoms with Crippen molar-refractivity contribution in [3.63, 3.8) is 0 Å². The lowest BCUT2D eigenvalue weighted by atomic mass is 10.2. The van der Waals surface area contributed by atoms with Gasteiger partial charge in [0.1, 0.15) is 0 Å². The van der Waals surface area contributed by atoms with E-state index in [-0.39, 0.29) is 0 Å². The van der Waals surface area contributed by atoms with Crippen LogP contribution in [0.1, 0.15) is 18.4 Å². The normalized spacial score (nSPS) is 17.5. The van der Waals surface area contributed by atoms with Crippen molar-refractivity contribution < 1.29 is 0 Å². The molecule has 0 radical (unpaired) electrons. The summed E-state index contributed by atoms with van der Waals surface area (Å²) in [6.45, 7) is 3.38. The number of likely N-dealkylation sites (tertiary alicyclic amines) is 1. The molecule has 1 saturated heterocycles. The first-order valence-corrected chi connectivity index (χ1v) is 5.39. The number of hydrogen-bond donors (Lipinski definition) is 1. The SMILES string of the molecule is Nc1cc(Cl)cc(CN2CCCC2)c1. The predicted molar refractivity (Wildman–Crippen MR) is 60.4 cm³/mol. The Labute approximate surface area is 89.7 Å². The van der Waals surface area contributed by atoms with Crippen molar-refractivity contribution in [3.05, 3.63) is 28.8 Å². The van der Waals surface area contributed by atoms with Gasteiger partial charge in [0.15, 0.2) is 0 Å². The minimum absolute atomic E-state index is 0.735. The molecule has 0 unspecified atom stereocenters. The van der Waals surface area contributed by atoms with Crippen LogP contribution in [0.15, 0.2) is 18.2 Å². The molecule has 1 aliphatic rings. The third-order valence-corrected chi connectivity index (χ3v) is 2.80. The topological polar surface area (TPSA) is 29.3 Å². The highest BCUT2D eigenvalue weighted by Gasteiger charge is 2.11. The van der Waals surface area contributed by atoms with Crippen LogP contribution in [0, 0.1) is 0 Å². The van der Waals surface area contributed by atoms with Crippen LogP contribution in [0.2, 0.25) is 5.02 Å². The summed E-state index contributed by atoms with van der Waals surface area (Å²) >= 11 is 5.94. The van der Waals surface area contributed by atoms with E-state index in [9.17, 15) is 0 Å². The minimum Gasteiger partial charge on any atom is -0.399 e. The van der Waals surface area contributed by atoms with Crippen molar-refractivity contribution in [2.45, 2.75) is 19.4 Å². The summed E-state index contributed by atoms with van der Waals surface area (Å²) in [6.07, 6.45) is 2.63. The van der Waals surface area contributed by atoms with Crippen LogP contribution in [-0.4, -0.2) is 18.0 Å². The zero-order chi connectivity index (χ0) is 9.97. The molecule has 1 aliphatic heterocycles. The quantitative estimate of drug-likeness (QED) is 0.761. The summed E-state index contributed by atoms with van der Waals surface area (Å²) in [6, 6.07) is 5.79. The van der Waals surface area contributed by atoms with Gasteiger partial charge in [0, 0.05) is 17.3 Å². The molecule has 2 nitrogen and oxygen atoms in total. The van der Waals surface area contributed by atoms with E-state index in [1.54, 1.807) is 6.07 Å². The lowest BCUT2D eigenvalue weighted by Crippen LogP contribution is -2.18. The number of nitrogen functional groups attached to an aromatic ring is 1. The fourth-order valence-electron chi connectivity index (χ4n) is 1.97. The number of anilines is 1. The molecular formula is C11H15ClN2. The fourth-order valence-corrected chi connectivity index (χ4v) is 2.23. The number of rotatable bonds is 2. The standard InChI is InChI=1S/C11H15ClN2/c12-10-5-9(6-11(13)7-10)8-14-3-1-2-4-14/h5-7H,1-4,8,13H2. The zero-order valence-corrected chi connectivity index (χ0v) is 8.93. The van der Waals surface area contributed by atoms with E-state index in [0.717, 1.165) is 17.3 Å². The maximum absolute atomic E-state index is 5.94. The summed E-state index contributed by atoms with van der Waals surface area (Å²) in [4.78, 5) is 2.44. The molecule has 1 fully saturated rings. The summed E-state index contributed by atoms with van der Waals surface area (Å²) in [5.74, 6) is 0. The lowest BCUT2D eigenvalue weighted by molar-refractivity contribution is 0.331. The molecular weight excluding hydrogens is 196 g/mol. The molecule has 2 N–H and O–H groups in total. The Morgan fingerprint density at radius 1 is 1.21 bits per heavy atom. The summed E-state index contributed by atoms with van der Waals surface area (Å²) in [5.41, 5.74) is 7.71. The second kappa shape index (κ2) is 4.20. The molecule has 0 aromatic heterocycles. The van der Waals surface area contributed by atoms with Gasteiger partial charge in [-0.25, -0.2) is 0 Å². The third-order valence-electron chi connectivity index (χ3n) is 2.58. The highest BCUT2D eigenvalue weighted by atomic mass is 35.5. The van der Waals surface area contributed by atoms with Crippen molar-refractivity contribution in [1.82, 2.24) is 4.90 Å². The zero-order valence-electron chi connectivity index (χ0n) is 8.17. The van der Waals surface area contributed by atoms with Crippen LogP contribution in [0.3, 0.4) is 0 Å². The molecule has 0 amide bonds. The average Bonchev–Trinajstić information content (AvgIpc) is 2.54. The van der Waals surface area contributed by atoms with Gasteiger partial charge in [-0.05, 0) is 49.7 Å². The van der Waals surface area contributed by atoms with Crippen molar-refractivity contribution in [1.29, 1.82) is 0 Å². The molecule has 14 heavy (non-hydrogen) atoms. The second-order valence-corrected chi connectivity index (χ2v) is 4.31. The van der Waals surface area contributed by atoms with E-state index in [0.29, 0.717) is 0 Å². The number of benzene rings is 1. The van der Waals surface area contributed by atoms with Crippen molar-refractivity contribution in [2.24, 2.45) is 0 Å². The Balaban J connectivity index is 2.07. The molecule has 1 aromatic rings. The van der Waals surface area contributed by atoms with E-state index in [1.807, 2.05) is 12.1 Å². The summed E-state index contributed by atoms with van der Waals surface area (Å²) in [5, 5.41) is 0.735. The highest BCUT2D eigenvalue weighted by Crippen LogP contribution is 2.19. The smallest absolute Gasteiger partial charge is 0.0429 e. The molecule has 0 bridgehead atoms. The Morgan fingerprint density at radius 2 is 1.93 bits per heavy atom. The van der Waals surface area contributed by atoms with Gasteiger partial charge in [0.05, 0.1) is 0 Å². The molecule has 0 aliphatic carbocycles. The van der Waals surface area contributed by atoms with Crippen LogP contribution < -0.4 is 5.73 Å². The van der Waals surface area contributed by atoms with E-state index in [2.05, 4.69) is 4.90 Å². The molecule has 2 rings (SSSR count).